The molecule has 1 atom stereocenters. The molecule has 1 aliphatic heterocycles. The molecule has 0 saturated carbocycles. The second-order valence-electron chi connectivity index (χ2n) is 7.50. The third kappa shape index (κ3) is 3.66. The van der Waals surface area contributed by atoms with Gasteiger partial charge < -0.3 is 10.0 Å². The van der Waals surface area contributed by atoms with Crippen molar-refractivity contribution in [2.75, 3.05) is 0 Å². The molecule has 3 aromatic carbocycles. The van der Waals surface area contributed by atoms with E-state index in [2.05, 4.69) is 0 Å². The number of rotatable bonds is 4. The lowest BCUT2D eigenvalue weighted by molar-refractivity contribution is -0.130. The lowest BCUT2D eigenvalue weighted by Crippen LogP contribution is -2.29. The Hall–Kier alpha value is -3.40. The highest BCUT2D eigenvalue weighted by atomic mass is 19.1. The highest BCUT2D eigenvalue weighted by Gasteiger charge is 2.41. The summed E-state index contributed by atoms with van der Waals surface area (Å²) in [6, 6.07) is 21.2. The quantitative estimate of drug-likeness (QED) is 0.643. The Balaban J connectivity index is 1.81. The highest BCUT2D eigenvalue weighted by molar-refractivity contribution is 6.05. The van der Waals surface area contributed by atoms with Crippen LogP contribution in [0.1, 0.15) is 33.9 Å². The SMILES string of the molecule is Cc1ccc(CN2C(=O)C(O)=C(c3ccc(C)cc3)[C@H]2c2cccc(F)c2)cc1. The molecule has 0 bridgehead atoms. The van der Waals surface area contributed by atoms with Crippen LogP contribution in [0.5, 0.6) is 0 Å². The molecule has 0 fully saturated rings. The molecule has 4 rings (SSSR count). The Morgan fingerprint density at radius 2 is 1.55 bits per heavy atom. The van der Waals surface area contributed by atoms with Gasteiger partial charge in [0.05, 0.1) is 6.04 Å². The molecule has 0 saturated heterocycles. The number of aliphatic hydroxyl groups is 1. The van der Waals surface area contributed by atoms with Gasteiger partial charge in [0.2, 0.25) is 0 Å². The van der Waals surface area contributed by atoms with E-state index in [1.807, 2.05) is 62.4 Å². The van der Waals surface area contributed by atoms with E-state index in [1.54, 1.807) is 17.0 Å². The Labute approximate surface area is 169 Å². The Morgan fingerprint density at radius 1 is 0.931 bits per heavy atom. The van der Waals surface area contributed by atoms with Crippen molar-refractivity contribution in [3.63, 3.8) is 0 Å². The lowest BCUT2D eigenvalue weighted by atomic mass is 9.93. The topological polar surface area (TPSA) is 40.5 Å². The minimum absolute atomic E-state index is 0.282. The first-order valence-corrected chi connectivity index (χ1v) is 9.56. The van der Waals surface area contributed by atoms with Crippen molar-refractivity contribution in [3.05, 3.63) is 112 Å². The van der Waals surface area contributed by atoms with E-state index in [4.69, 9.17) is 0 Å². The Morgan fingerprint density at radius 3 is 2.17 bits per heavy atom. The smallest absolute Gasteiger partial charge is 0.290 e. The number of aryl methyl sites for hydroxylation is 2. The van der Waals surface area contributed by atoms with Gasteiger partial charge in [-0.25, -0.2) is 4.39 Å². The van der Waals surface area contributed by atoms with E-state index in [9.17, 15) is 14.3 Å². The number of hydrogen-bond donors (Lipinski definition) is 1. The minimum Gasteiger partial charge on any atom is -0.503 e. The molecule has 1 heterocycles. The third-order valence-electron chi connectivity index (χ3n) is 5.30. The van der Waals surface area contributed by atoms with E-state index >= 15 is 0 Å². The largest absolute Gasteiger partial charge is 0.503 e. The first-order chi connectivity index (χ1) is 13.9. The van der Waals surface area contributed by atoms with E-state index in [0.29, 0.717) is 17.7 Å². The second-order valence-corrected chi connectivity index (χ2v) is 7.50. The molecule has 0 aromatic heterocycles. The fourth-order valence-electron chi connectivity index (χ4n) is 3.76. The van der Waals surface area contributed by atoms with E-state index in [1.165, 1.54) is 12.1 Å². The van der Waals surface area contributed by atoms with Crippen LogP contribution in [0.2, 0.25) is 0 Å². The zero-order valence-corrected chi connectivity index (χ0v) is 16.4. The Kier molecular flexibility index (Phi) is 4.93. The number of carbonyl (C=O) groups excluding carboxylic acids is 1. The molecule has 1 amide bonds. The minimum atomic E-state index is -0.567. The van der Waals surface area contributed by atoms with Crippen molar-refractivity contribution in [3.8, 4) is 0 Å². The molecule has 3 nitrogen and oxygen atoms in total. The van der Waals surface area contributed by atoms with Crippen LogP contribution in [0.15, 0.2) is 78.6 Å². The van der Waals surface area contributed by atoms with E-state index in [-0.39, 0.29) is 11.6 Å². The summed E-state index contributed by atoms with van der Waals surface area (Å²) >= 11 is 0. The summed E-state index contributed by atoms with van der Waals surface area (Å²) in [5.41, 5.74) is 5.05. The monoisotopic (exact) mass is 387 g/mol. The predicted molar refractivity (Wildman–Crippen MR) is 112 cm³/mol. The number of aliphatic hydroxyl groups excluding tert-OH is 1. The van der Waals surface area contributed by atoms with Gasteiger partial charge >= 0.3 is 0 Å². The van der Waals surface area contributed by atoms with Gasteiger partial charge in [0.15, 0.2) is 5.76 Å². The molecule has 29 heavy (non-hydrogen) atoms. The summed E-state index contributed by atoms with van der Waals surface area (Å²) in [6.07, 6.45) is 0. The van der Waals surface area contributed by atoms with Crippen molar-refractivity contribution < 1.29 is 14.3 Å². The summed E-state index contributed by atoms with van der Waals surface area (Å²) in [6.45, 7) is 4.30. The molecule has 0 aliphatic carbocycles. The number of carbonyl (C=O) groups is 1. The van der Waals surface area contributed by atoms with Gasteiger partial charge in [-0.1, -0.05) is 71.8 Å². The summed E-state index contributed by atoms with van der Waals surface area (Å²) in [5.74, 6) is -1.11. The van der Waals surface area contributed by atoms with Gasteiger partial charge in [-0.2, -0.15) is 0 Å². The molecule has 146 valence electrons. The van der Waals surface area contributed by atoms with Gasteiger partial charge in [0.1, 0.15) is 5.82 Å². The molecular formula is C25H22FNO2. The van der Waals surface area contributed by atoms with E-state index in [0.717, 1.165) is 22.3 Å². The summed E-state index contributed by atoms with van der Waals surface area (Å²) < 4.78 is 14.0. The van der Waals surface area contributed by atoms with Crippen LogP contribution in [-0.2, 0) is 11.3 Å². The van der Waals surface area contributed by atoms with Crippen LogP contribution >= 0.6 is 0 Å². The average molecular weight is 387 g/mol. The maximum Gasteiger partial charge on any atom is 0.290 e. The number of benzene rings is 3. The number of halogens is 1. The van der Waals surface area contributed by atoms with Gasteiger partial charge in [-0.05, 0) is 42.7 Å². The molecule has 0 spiro atoms. The zero-order valence-electron chi connectivity index (χ0n) is 16.4. The first kappa shape index (κ1) is 18.9. The lowest BCUT2D eigenvalue weighted by Gasteiger charge is -2.27. The maximum atomic E-state index is 14.0. The summed E-state index contributed by atoms with van der Waals surface area (Å²) in [7, 11) is 0. The van der Waals surface area contributed by atoms with Crippen molar-refractivity contribution in [1.82, 2.24) is 4.90 Å². The van der Waals surface area contributed by atoms with Crippen LogP contribution in [0.3, 0.4) is 0 Å². The number of amides is 1. The molecular weight excluding hydrogens is 365 g/mol. The zero-order chi connectivity index (χ0) is 20.5. The summed E-state index contributed by atoms with van der Waals surface area (Å²) in [4.78, 5) is 14.6. The van der Waals surface area contributed by atoms with Crippen LogP contribution in [-0.4, -0.2) is 15.9 Å². The van der Waals surface area contributed by atoms with Gasteiger partial charge in [-0.15, -0.1) is 0 Å². The highest BCUT2D eigenvalue weighted by Crippen LogP contribution is 2.43. The van der Waals surface area contributed by atoms with Crippen molar-refractivity contribution in [2.45, 2.75) is 26.4 Å². The average Bonchev–Trinajstić information content (AvgIpc) is 2.95. The molecule has 3 aromatic rings. The fraction of sp³-hybridized carbons (Fsp3) is 0.160. The number of nitrogens with zero attached hydrogens (tertiary/aromatic N) is 1. The van der Waals surface area contributed by atoms with Crippen LogP contribution < -0.4 is 0 Å². The molecule has 0 unspecified atom stereocenters. The van der Waals surface area contributed by atoms with Crippen molar-refractivity contribution >= 4 is 11.5 Å². The van der Waals surface area contributed by atoms with E-state index < -0.39 is 11.9 Å². The van der Waals surface area contributed by atoms with Gasteiger partial charge in [0, 0.05) is 12.1 Å². The van der Waals surface area contributed by atoms with Gasteiger partial charge in [0.25, 0.3) is 5.91 Å². The van der Waals surface area contributed by atoms with Gasteiger partial charge in [-0.3, -0.25) is 4.79 Å². The van der Waals surface area contributed by atoms with Crippen molar-refractivity contribution in [1.29, 1.82) is 0 Å². The number of hydrogen-bond acceptors (Lipinski definition) is 2. The molecule has 1 aliphatic rings. The predicted octanol–water partition coefficient (Wildman–Crippen LogP) is 5.50. The Bertz CT molecular complexity index is 1080. The van der Waals surface area contributed by atoms with Crippen LogP contribution in [0.4, 0.5) is 4.39 Å². The first-order valence-electron chi connectivity index (χ1n) is 9.56. The van der Waals surface area contributed by atoms with Crippen LogP contribution in [0.25, 0.3) is 5.57 Å². The molecule has 4 heteroatoms. The maximum absolute atomic E-state index is 14.0. The second kappa shape index (κ2) is 7.55. The molecule has 0 radical (unpaired) electrons. The molecule has 1 N–H and O–H groups in total. The third-order valence-corrected chi connectivity index (χ3v) is 5.30. The van der Waals surface area contributed by atoms with Crippen molar-refractivity contribution in [2.24, 2.45) is 0 Å². The van der Waals surface area contributed by atoms with Crippen LogP contribution in [0, 0.1) is 19.7 Å². The standard InChI is InChI=1S/C25H22FNO2/c1-16-6-10-18(11-7-16)15-27-23(20-4-3-5-21(26)14-20)22(24(28)25(27)29)19-12-8-17(2)9-13-19/h3-14,23,28H,15H2,1-2H3/t23-/m1/s1. The fourth-order valence-corrected chi connectivity index (χ4v) is 3.76. The summed E-state index contributed by atoms with van der Waals surface area (Å²) in [5, 5.41) is 10.8. The normalized spacial score (nSPS) is 16.6.